The van der Waals surface area contributed by atoms with Gasteiger partial charge in [0, 0.05) is 24.7 Å². The van der Waals surface area contributed by atoms with Crippen LogP contribution in [0.25, 0.3) is 0 Å². The largest absolute Gasteiger partial charge is 0.480 e. The molecular formula is C18H33N3O4. The number of urea groups is 1. The van der Waals surface area contributed by atoms with Crippen LogP contribution in [0.15, 0.2) is 0 Å². The Kier molecular flexibility index (Phi) is 7.96. The number of amides is 2. The van der Waals surface area contributed by atoms with Gasteiger partial charge in [0.25, 0.3) is 0 Å². The molecule has 1 atom stereocenters. The molecule has 2 aliphatic rings. The first-order valence-electron chi connectivity index (χ1n) is 9.67. The molecular weight excluding hydrogens is 322 g/mol. The summed E-state index contributed by atoms with van der Waals surface area (Å²) < 4.78 is 0. The van der Waals surface area contributed by atoms with Gasteiger partial charge in [0.15, 0.2) is 0 Å². The molecule has 2 aliphatic carbocycles. The van der Waals surface area contributed by atoms with E-state index >= 15 is 0 Å². The number of nitrogens with zero attached hydrogens (tertiary/aromatic N) is 1. The zero-order valence-corrected chi connectivity index (χ0v) is 15.2. The normalized spacial score (nSPS) is 25.2. The quantitative estimate of drug-likeness (QED) is 0.503. The van der Waals surface area contributed by atoms with Crippen LogP contribution in [0.1, 0.15) is 58.3 Å². The predicted octanol–water partition coefficient (Wildman–Crippen LogP) is 1.55. The second-order valence-electron chi connectivity index (χ2n) is 7.41. The Morgan fingerprint density at radius 1 is 1.20 bits per heavy atom. The van der Waals surface area contributed by atoms with Crippen LogP contribution in [0.2, 0.25) is 0 Å². The number of hydrogen-bond acceptors (Lipinski definition) is 4. The van der Waals surface area contributed by atoms with Crippen molar-refractivity contribution in [3.63, 3.8) is 0 Å². The molecule has 0 saturated heterocycles. The first kappa shape index (κ1) is 20.0. The summed E-state index contributed by atoms with van der Waals surface area (Å²) in [6.45, 7) is 2.81. The lowest BCUT2D eigenvalue weighted by molar-refractivity contribution is -0.139. The molecule has 144 valence electrons. The maximum atomic E-state index is 12.3. The SMILES string of the molecule is CCN(CC(=O)O)C1CC(NC(=O)NC(CCO)C2CCCCC2)C1. The van der Waals surface area contributed by atoms with E-state index in [0.29, 0.717) is 18.9 Å². The fraction of sp³-hybridized carbons (Fsp3) is 0.889. The molecule has 7 heteroatoms. The predicted molar refractivity (Wildman–Crippen MR) is 95.4 cm³/mol. The third kappa shape index (κ3) is 6.15. The van der Waals surface area contributed by atoms with Crippen LogP contribution in [-0.2, 0) is 4.79 Å². The highest BCUT2D eigenvalue weighted by Crippen LogP contribution is 2.28. The average Bonchev–Trinajstić information content (AvgIpc) is 2.56. The van der Waals surface area contributed by atoms with E-state index < -0.39 is 5.97 Å². The molecule has 25 heavy (non-hydrogen) atoms. The van der Waals surface area contributed by atoms with Crippen LogP contribution in [0.5, 0.6) is 0 Å². The summed E-state index contributed by atoms with van der Waals surface area (Å²) in [6, 6.07) is 0.223. The fourth-order valence-corrected chi connectivity index (χ4v) is 4.17. The Morgan fingerprint density at radius 2 is 1.88 bits per heavy atom. The van der Waals surface area contributed by atoms with Crippen molar-refractivity contribution in [2.75, 3.05) is 19.7 Å². The Bertz CT molecular complexity index is 434. The zero-order valence-electron chi connectivity index (χ0n) is 15.2. The first-order chi connectivity index (χ1) is 12.0. The molecule has 0 aliphatic heterocycles. The van der Waals surface area contributed by atoms with Crippen molar-refractivity contribution in [1.82, 2.24) is 15.5 Å². The van der Waals surface area contributed by atoms with Crippen LogP contribution in [0, 0.1) is 5.92 Å². The van der Waals surface area contributed by atoms with Crippen LogP contribution in [-0.4, -0.2) is 64.9 Å². The van der Waals surface area contributed by atoms with Crippen molar-refractivity contribution in [1.29, 1.82) is 0 Å². The molecule has 0 aromatic rings. The monoisotopic (exact) mass is 355 g/mol. The fourth-order valence-electron chi connectivity index (χ4n) is 4.17. The number of aliphatic hydroxyl groups is 1. The molecule has 2 amide bonds. The van der Waals surface area contributed by atoms with Gasteiger partial charge in [0.1, 0.15) is 0 Å². The number of aliphatic hydroxyl groups excluding tert-OH is 1. The van der Waals surface area contributed by atoms with Gasteiger partial charge in [-0.05, 0) is 44.6 Å². The molecule has 1 unspecified atom stereocenters. The second kappa shape index (κ2) is 9.97. The number of aliphatic carboxylic acids is 1. The summed E-state index contributed by atoms with van der Waals surface area (Å²) in [5.74, 6) is -0.345. The van der Waals surface area contributed by atoms with Crippen molar-refractivity contribution >= 4 is 12.0 Å². The number of hydrogen-bond donors (Lipinski definition) is 4. The molecule has 0 spiro atoms. The Labute approximate surface area is 150 Å². The van der Waals surface area contributed by atoms with Crippen molar-refractivity contribution < 1.29 is 19.8 Å². The number of carboxylic acid groups (broad SMARTS) is 1. The average molecular weight is 355 g/mol. The number of carbonyl (C=O) groups is 2. The van der Waals surface area contributed by atoms with Gasteiger partial charge in [0.05, 0.1) is 6.54 Å². The molecule has 0 radical (unpaired) electrons. The van der Waals surface area contributed by atoms with E-state index in [0.717, 1.165) is 25.7 Å². The summed E-state index contributed by atoms with van der Waals surface area (Å²) in [7, 11) is 0. The number of likely N-dealkylation sites (N-methyl/N-ethyl adjacent to an activating group) is 1. The van der Waals surface area contributed by atoms with Crippen molar-refractivity contribution in [2.24, 2.45) is 5.92 Å². The highest BCUT2D eigenvalue weighted by atomic mass is 16.4. The first-order valence-corrected chi connectivity index (χ1v) is 9.67. The van der Waals surface area contributed by atoms with Gasteiger partial charge in [0.2, 0.25) is 0 Å². The van der Waals surface area contributed by atoms with E-state index in [4.69, 9.17) is 5.11 Å². The standard InChI is InChI=1S/C18H33N3O4/c1-2-21(12-17(23)24)15-10-14(11-15)19-18(25)20-16(8-9-22)13-6-4-3-5-7-13/h13-16,22H,2-12H2,1H3,(H,23,24)(H2,19,20,25). The van der Waals surface area contributed by atoms with Gasteiger partial charge in [-0.15, -0.1) is 0 Å². The third-order valence-electron chi connectivity index (χ3n) is 5.68. The minimum absolute atomic E-state index is 0.0420. The minimum Gasteiger partial charge on any atom is -0.480 e. The summed E-state index contributed by atoms with van der Waals surface area (Å²) in [5, 5.41) is 24.3. The minimum atomic E-state index is -0.810. The highest BCUT2D eigenvalue weighted by Gasteiger charge is 2.35. The summed E-state index contributed by atoms with van der Waals surface area (Å²) >= 11 is 0. The summed E-state index contributed by atoms with van der Waals surface area (Å²) in [6.07, 6.45) is 8.11. The molecule has 2 rings (SSSR count). The van der Waals surface area contributed by atoms with Crippen molar-refractivity contribution in [3.05, 3.63) is 0 Å². The molecule has 2 saturated carbocycles. The number of carbonyl (C=O) groups excluding carboxylic acids is 1. The van der Waals surface area contributed by atoms with E-state index in [2.05, 4.69) is 10.6 Å². The highest BCUT2D eigenvalue weighted by molar-refractivity contribution is 5.74. The zero-order chi connectivity index (χ0) is 18.2. The lowest BCUT2D eigenvalue weighted by Crippen LogP contribution is -2.57. The lowest BCUT2D eigenvalue weighted by atomic mass is 9.82. The van der Waals surface area contributed by atoms with Gasteiger partial charge in [-0.1, -0.05) is 26.2 Å². The summed E-state index contributed by atoms with van der Waals surface area (Å²) in [4.78, 5) is 25.1. The maximum absolute atomic E-state index is 12.3. The smallest absolute Gasteiger partial charge is 0.317 e. The molecule has 0 heterocycles. The van der Waals surface area contributed by atoms with E-state index in [1.807, 2.05) is 11.8 Å². The Hall–Kier alpha value is -1.34. The second-order valence-corrected chi connectivity index (χ2v) is 7.41. The van der Waals surface area contributed by atoms with E-state index in [-0.39, 0.29) is 37.3 Å². The molecule has 2 fully saturated rings. The third-order valence-corrected chi connectivity index (χ3v) is 5.68. The molecule has 4 N–H and O–H groups in total. The molecule has 0 aromatic heterocycles. The van der Waals surface area contributed by atoms with Crippen molar-refractivity contribution in [3.8, 4) is 0 Å². The van der Waals surface area contributed by atoms with Gasteiger partial charge in [-0.25, -0.2) is 4.79 Å². The van der Waals surface area contributed by atoms with Crippen LogP contribution in [0.4, 0.5) is 4.79 Å². The lowest BCUT2D eigenvalue weighted by Gasteiger charge is -2.42. The molecule has 0 aromatic carbocycles. The maximum Gasteiger partial charge on any atom is 0.317 e. The van der Waals surface area contributed by atoms with Crippen LogP contribution >= 0.6 is 0 Å². The Morgan fingerprint density at radius 3 is 2.44 bits per heavy atom. The Balaban J connectivity index is 1.73. The summed E-state index contributed by atoms with van der Waals surface area (Å²) in [5.41, 5.74) is 0. The molecule has 0 bridgehead atoms. The van der Waals surface area contributed by atoms with Gasteiger partial charge >= 0.3 is 12.0 Å². The number of carboxylic acids is 1. The molecule has 7 nitrogen and oxygen atoms in total. The van der Waals surface area contributed by atoms with Gasteiger partial charge < -0.3 is 20.8 Å². The van der Waals surface area contributed by atoms with Crippen molar-refractivity contribution in [2.45, 2.75) is 76.4 Å². The van der Waals surface area contributed by atoms with E-state index in [9.17, 15) is 14.7 Å². The van der Waals surface area contributed by atoms with Gasteiger partial charge in [-0.3, -0.25) is 9.69 Å². The van der Waals surface area contributed by atoms with Gasteiger partial charge in [-0.2, -0.15) is 0 Å². The van der Waals surface area contributed by atoms with E-state index in [1.165, 1.54) is 19.3 Å². The van der Waals surface area contributed by atoms with E-state index in [1.54, 1.807) is 0 Å². The topological polar surface area (TPSA) is 102 Å². The van der Waals surface area contributed by atoms with Crippen LogP contribution < -0.4 is 10.6 Å². The number of rotatable bonds is 9. The van der Waals surface area contributed by atoms with Crippen LogP contribution in [0.3, 0.4) is 0 Å². The number of nitrogens with one attached hydrogen (secondary N) is 2.